The Labute approximate surface area is 98.0 Å². The SMILES string of the molecule is CCCOc1cccc(CN[C@H](C)CN)c1. The topological polar surface area (TPSA) is 47.3 Å². The van der Waals surface area contributed by atoms with Crippen molar-refractivity contribution in [3.63, 3.8) is 0 Å². The molecule has 1 aromatic carbocycles. The molecule has 0 saturated carbocycles. The smallest absolute Gasteiger partial charge is 0.119 e. The summed E-state index contributed by atoms with van der Waals surface area (Å²) >= 11 is 0. The predicted octanol–water partition coefficient (Wildman–Crippen LogP) is 1.91. The molecule has 0 fully saturated rings. The van der Waals surface area contributed by atoms with Crippen LogP contribution < -0.4 is 15.8 Å². The van der Waals surface area contributed by atoms with E-state index < -0.39 is 0 Å². The molecular formula is C13H22N2O. The molecular weight excluding hydrogens is 200 g/mol. The summed E-state index contributed by atoms with van der Waals surface area (Å²) in [4.78, 5) is 0. The van der Waals surface area contributed by atoms with Gasteiger partial charge < -0.3 is 15.8 Å². The van der Waals surface area contributed by atoms with Crippen LogP contribution in [0.3, 0.4) is 0 Å². The highest BCUT2D eigenvalue weighted by atomic mass is 16.5. The Hall–Kier alpha value is -1.06. The molecule has 1 rings (SSSR count). The number of nitrogens with one attached hydrogen (secondary N) is 1. The predicted molar refractivity (Wildman–Crippen MR) is 67.6 cm³/mol. The second kappa shape index (κ2) is 7.25. The number of rotatable bonds is 7. The molecule has 0 unspecified atom stereocenters. The van der Waals surface area contributed by atoms with E-state index in [1.165, 1.54) is 5.56 Å². The molecule has 0 aliphatic heterocycles. The van der Waals surface area contributed by atoms with Crippen LogP contribution in [0.2, 0.25) is 0 Å². The fraction of sp³-hybridized carbons (Fsp3) is 0.538. The van der Waals surface area contributed by atoms with Crippen LogP contribution in [0.4, 0.5) is 0 Å². The van der Waals surface area contributed by atoms with E-state index >= 15 is 0 Å². The Morgan fingerprint density at radius 3 is 2.94 bits per heavy atom. The van der Waals surface area contributed by atoms with Crippen molar-refractivity contribution >= 4 is 0 Å². The van der Waals surface area contributed by atoms with Crippen LogP contribution in [0, 0.1) is 0 Å². The summed E-state index contributed by atoms with van der Waals surface area (Å²) < 4.78 is 5.58. The van der Waals surface area contributed by atoms with Gasteiger partial charge in [-0.15, -0.1) is 0 Å². The van der Waals surface area contributed by atoms with E-state index in [0.717, 1.165) is 25.3 Å². The van der Waals surface area contributed by atoms with E-state index in [-0.39, 0.29) is 0 Å². The minimum atomic E-state index is 0.347. The van der Waals surface area contributed by atoms with E-state index in [4.69, 9.17) is 10.5 Å². The summed E-state index contributed by atoms with van der Waals surface area (Å²) in [7, 11) is 0. The Morgan fingerprint density at radius 2 is 2.25 bits per heavy atom. The summed E-state index contributed by atoms with van der Waals surface area (Å²) in [5, 5.41) is 3.35. The fourth-order valence-electron chi connectivity index (χ4n) is 1.34. The van der Waals surface area contributed by atoms with Gasteiger partial charge in [0.15, 0.2) is 0 Å². The maximum absolute atomic E-state index is 5.58. The maximum Gasteiger partial charge on any atom is 0.119 e. The Bertz CT molecular complexity index is 302. The zero-order valence-electron chi connectivity index (χ0n) is 10.2. The molecule has 0 aliphatic carbocycles. The van der Waals surface area contributed by atoms with Gasteiger partial charge in [0.1, 0.15) is 5.75 Å². The molecule has 0 aromatic heterocycles. The van der Waals surface area contributed by atoms with Gasteiger partial charge in [-0.25, -0.2) is 0 Å². The van der Waals surface area contributed by atoms with E-state index in [2.05, 4.69) is 31.3 Å². The van der Waals surface area contributed by atoms with Gasteiger partial charge in [0, 0.05) is 19.1 Å². The minimum Gasteiger partial charge on any atom is -0.494 e. The Kier molecular flexibility index (Phi) is 5.90. The molecule has 1 aromatic rings. The third kappa shape index (κ3) is 4.64. The van der Waals surface area contributed by atoms with Gasteiger partial charge in [-0.3, -0.25) is 0 Å². The molecule has 0 radical (unpaired) electrons. The zero-order chi connectivity index (χ0) is 11.8. The second-order valence-electron chi connectivity index (χ2n) is 4.01. The highest BCUT2D eigenvalue weighted by Gasteiger charge is 2.00. The molecule has 0 heterocycles. The zero-order valence-corrected chi connectivity index (χ0v) is 10.2. The van der Waals surface area contributed by atoms with Crippen molar-refractivity contribution in [2.24, 2.45) is 5.73 Å². The van der Waals surface area contributed by atoms with Crippen LogP contribution in [-0.4, -0.2) is 19.2 Å². The maximum atomic E-state index is 5.58. The first kappa shape index (κ1) is 13.0. The normalized spacial score (nSPS) is 12.4. The van der Waals surface area contributed by atoms with Gasteiger partial charge >= 0.3 is 0 Å². The van der Waals surface area contributed by atoms with Crippen molar-refractivity contribution in [3.05, 3.63) is 29.8 Å². The second-order valence-corrected chi connectivity index (χ2v) is 4.01. The fourth-order valence-corrected chi connectivity index (χ4v) is 1.34. The lowest BCUT2D eigenvalue weighted by Gasteiger charge is -2.12. The quantitative estimate of drug-likeness (QED) is 0.741. The summed E-state index contributed by atoms with van der Waals surface area (Å²) in [6.45, 7) is 6.45. The summed E-state index contributed by atoms with van der Waals surface area (Å²) in [5.74, 6) is 0.946. The first-order valence-corrected chi connectivity index (χ1v) is 5.91. The minimum absolute atomic E-state index is 0.347. The molecule has 0 bridgehead atoms. The molecule has 1 atom stereocenters. The lowest BCUT2D eigenvalue weighted by Crippen LogP contribution is -2.32. The Morgan fingerprint density at radius 1 is 1.44 bits per heavy atom. The van der Waals surface area contributed by atoms with Gasteiger partial charge in [0.2, 0.25) is 0 Å². The van der Waals surface area contributed by atoms with E-state index in [9.17, 15) is 0 Å². The molecule has 0 saturated heterocycles. The summed E-state index contributed by atoms with van der Waals surface area (Å²) in [6, 6.07) is 8.53. The van der Waals surface area contributed by atoms with Crippen LogP contribution >= 0.6 is 0 Å². The lowest BCUT2D eigenvalue weighted by molar-refractivity contribution is 0.317. The largest absolute Gasteiger partial charge is 0.494 e. The molecule has 90 valence electrons. The standard InChI is InChI=1S/C13H22N2O/c1-3-7-16-13-6-4-5-12(8-13)10-15-11(2)9-14/h4-6,8,11,15H,3,7,9-10,14H2,1-2H3/t11-/m1/s1. The molecule has 3 heteroatoms. The van der Waals surface area contributed by atoms with Crippen molar-refractivity contribution in [2.75, 3.05) is 13.2 Å². The van der Waals surface area contributed by atoms with Gasteiger partial charge in [-0.2, -0.15) is 0 Å². The van der Waals surface area contributed by atoms with E-state index in [1.54, 1.807) is 0 Å². The average molecular weight is 222 g/mol. The van der Waals surface area contributed by atoms with Gasteiger partial charge in [0.25, 0.3) is 0 Å². The molecule has 0 amide bonds. The molecule has 0 aliphatic rings. The van der Waals surface area contributed by atoms with Crippen molar-refractivity contribution in [1.29, 1.82) is 0 Å². The van der Waals surface area contributed by atoms with Crippen LogP contribution in [-0.2, 0) is 6.54 Å². The van der Waals surface area contributed by atoms with Crippen molar-refractivity contribution < 1.29 is 4.74 Å². The molecule has 16 heavy (non-hydrogen) atoms. The number of benzene rings is 1. The van der Waals surface area contributed by atoms with Gasteiger partial charge in [-0.05, 0) is 31.0 Å². The van der Waals surface area contributed by atoms with Gasteiger partial charge in [-0.1, -0.05) is 19.1 Å². The number of hydrogen-bond donors (Lipinski definition) is 2. The third-order valence-corrected chi connectivity index (χ3v) is 2.38. The molecule has 0 spiro atoms. The van der Waals surface area contributed by atoms with E-state index in [0.29, 0.717) is 12.6 Å². The molecule has 3 nitrogen and oxygen atoms in total. The van der Waals surface area contributed by atoms with Gasteiger partial charge in [0.05, 0.1) is 6.61 Å². The summed E-state index contributed by atoms with van der Waals surface area (Å²) in [5.41, 5.74) is 6.78. The average Bonchev–Trinajstić information content (AvgIpc) is 2.34. The van der Waals surface area contributed by atoms with Crippen molar-refractivity contribution in [1.82, 2.24) is 5.32 Å². The van der Waals surface area contributed by atoms with Crippen LogP contribution in [0.1, 0.15) is 25.8 Å². The summed E-state index contributed by atoms with van der Waals surface area (Å²) in [6.07, 6.45) is 1.03. The molecule has 3 N–H and O–H groups in total. The highest BCUT2D eigenvalue weighted by Crippen LogP contribution is 2.13. The van der Waals surface area contributed by atoms with E-state index in [1.807, 2.05) is 12.1 Å². The third-order valence-electron chi connectivity index (χ3n) is 2.38. The highest BCUT2D eigenvalue weighted by molar-refractivity contribution is 5.28. The Balaban J connectivity index is 2.46. The first-order valence-electron chi connectivity index (χ1n) is 5.91. The van der Waals surface area contributed by atoms with Crippen molar-refractivity contribution in [2.45, 2.75) is 32.9 Å². The van der Waals surface area contributed by atoms with Crippen molar-refractivity contribution in [3.8, 4) is 5.75 Å². The van der Waals surface area contributed by atoms with Crippen LogP contribution in [0.25, 0.3) is 0 Å². The first-order chi connectivity index (χ1) is 7.76. The van der Waals surface area contributed by atoms with Crippen LogP contribution in [0.5, 0.6) is 5.75 Å². The monoisotopic (exact) mass is 222 g/mol. The number of hydrogen-bond acceptors (Lipinski definition) is 3. The number of nitrogens with two attached hydrogens (primary N) is 1. The van der Waals surface area contributed by atoms with Crippen LogP contribution in [0.15, 0.2) is 24.3 Å². The number of ether oxygens (including phenoxy) is 1. The lowest BCUT2D eigenvalue weighted by atomic mass is 10.2.